The normalized spacial score (nSPS) is 7.42. The zero-order valence-electron chi connectivity index (χ0n) is 7.82. The van der Waals surface area contributed by atoms with Gasteiger partial charge >= 0.3 is 0 Å². The number of rotatable bonds is 4. The van der Waals surface area contributed by atoms with Gasteiger partial charge in [0.15, 0.2) is 0 Å². The third-order valence-electron chi connectivity index (χ3n) is 1.48. The topological polar surface area (TPSA) is 0 Å². The average molecular weight is 160 g/mol. The zero-order valence-corrected chi connectivity index (χ0v) is 7.82. The first-order chi connectivity index (χ1) is 5.91. The van der Waals surface area contributed by atoms with Crippen molar-refractivity contribution in [3.05, 3.63) is 12.7 Å². The molecule has 0 aliphatic rings. The van der Waals surface area contributed by atoms with E-state index in [1.165, 1.54) is 25.7 Å². The van der Waals surface area contributed by atoms with Gasteiger partial charge in [-0.1, -0.05) is 44.6 Å². The van der Waals surface area contributed by atoms with Gasteiger partial charge in [-0.2, -0.15) is 0 Å². The second kappa shape index (κ2) is 9.86. The van der Waals surface area contributed by atoms with Gasteiger partial charge in [0.05, 0.1) is 0 Å². The molecule has 0 nitrogen and oxygen atoms in total. The molecule has 0 aliphatic heterocycles. The predicted molar refractivity (Wildman–Crippen MR) is 54.5 cm³/mol. The largest absolute Gasteiger partial charge is 0.0906 e. The summed E-state index contributed by atoms with van der Waals surface area (Å²) in [6.07, 6.45) is 7.64. The van der Waals surface area contributed by atoms with Gasteiger partial charge in [-0.25, -0.2) is 0 Å². The van der Waals surface area contributed by atoms with Gasteiger partial charge in [0, 0.05) is 6.42 Å². The Balaban J connectivity index is 3.27. The van der Waals surface area contributed by atoms with Crippen molar-refractivity contribution < 1.29 is 0 Å². The van der Waals surface area contributed by atoms with E-state index in [0.717, 1.165) is 6.42 Å². The van der Waals surface area contributed by atoms with Crippen LogP contribution in [0.25, 0.3) is 0 Å². The van der Waals surface area contributed by atoms with Crippen molar-refractivity contribution in [1.82, 2.24) is 0 Å². The smallest absolute Gasteiger partial charge is 0.00989 e. The van der Waals surface area contributed by atoms with E-state index in [1.54, 1.807) is 6.08 Å². The van der Waals surface area contributed by atoms with Crippen molar-refractivity contribution in [2.24, 2.45) is 0 Å². The lowest BCUT2D eigenvalue weighted by Gasteiger charge is -1.90. The van der Waals surface area contributed by atoms with Gasteiger partial charge in [0.25, 0.3) is 0 Å². The molecule has 0 unspecified atom stereocenters. The van der Waals surface area contributed by atoms with Crippen LogP contribution >= 0.6 is 0 Å². The summed E-state index contributed by atoms with van der Waals surface area (Å²) in [4.78, 5) is 0. The summed E-state index contributed by atoms with van der Waals surface area (Å²) in [5.74, 6) is 11.2. The molecule has 64 valence electrons. The molecule has 0 aromatic heterocycles. The molecule has 0 saturated heterocycles. The lowest BCUT2D eigenvalue weighted by Crippen LogP contribution is -1.73. The minimum Gasteiger partial charge on any atom is -0.0906 e. The highest BCUT2D eigenvalue weighted by Gasteiger charge is 1.82. The van der Waals surface area contributed by atoms with Crippen LogP contribution in [-0.2, 0) is 0 Å². The van der Waals surface area contributed by atoms with Crippen molar-refractivity contribution in [2.45, 2.75) is 39.0 Å². The van der Waals surface area contributed by atoms with E-state index in [1.807, 2.05) is 0 Å². The molecule has 0 rings (SSSR count). The summed E-state index contributed by atoms with van der Waals surface area (Å²) in [6.45, 7) is 5.69. The molecular weight excluding hydrogens is 144 g/mol. The summed E-state index contributed by atoms with van der Waals surface area (Å²) < 4.78 is 0. The van der Waals surface area contributed by atoms with E-state index in [4.69, 9.17) is 0 Å². The minimum absolute atomic E-state index is 0.978. The second-order valence-electron chi connectivity index (χ2n) is 2.59. The summed E-state index contributed by atoms with van der Waals surface area (Å²) in [5.41, 5.74) is 0. The monoisotopic (exact) mass is 160 g/mol. The molecule has 0 heterocycles. The molecule has 0 N–H and O–H groups in total. The van der Waals surface area contributed by atoms with Gasteiger partial charge in [-0.3, -0.25) is 0 Å². The summed E-state index contributed by atoms with van der Waals surface area (Å²) in [5, 5.41) is 0. The van der Waals surface area contributed by atoms with Crippen LogP contribution in [0.15, 0.2) is 12.7 Å². The molecule has 0 aromatic rings. The molecule has 0 spiro atoms. The average Bonchev–Trinajstić information content (AvgIpc) is 2.10. The molecular formula is C12H16. The van der Waals surface area contributed by atoms with Crippen molar-refractivity contribution in [3.63, 3.8) is 0 Å². The third kappa shape index (κ3) is 8.86. The van der Waals surface area contributed by atoms with Crippen LogP contribution in [0.5, 0.6) is 0 Å². The lowest BCUT2D eigenvalue weighted by molar-refractivity contribution is 0.680. The molecule has 0 aromatic carbocycles. The highest BCUT2D eigenvalue weighted by Crippen LogP contribution is 2.00. The Kier molecular flexibility index (Phi) is 8.92. The van der Waals surface area contributed by atoms with Crippen LogP contribution in [0.2, 0.25) is 0 Å². The maximum absolute atomic E-state index is 3.48. The maximum atomic E-state index is 3.48. The second-order valence-corrected chi connectivity index (χ2v) is 2.59. The van der Waals surface area contributed by atoms with Crippen LogP contribution in [0, 0.1) is 23.7 Å². The number of hydrogen-bond acceptors (Lipinski definition) is 0. The third-order valence-corrected chi connectivity index (χ3v) is 1.48. The molecule has 0 fully saturated rings. The van der Waals surface area contributed by atoms with E-state index in [2.05, 4.69) is 37.2 Å². The van der Waals surface area contributed by atoms with Crippen molar-refractivity contribution in [1.29, 1.82) is 0 Å². The molecule has 0 atom stereocenters. The SMILES string of the molecule is C=CC#CC#CCCCCCC. The van der Waals surface area contributed by atoms with Crippen LogP contribution in [-0.4, -0.2) is 0 Å². The van der Waals surface area contributed by atoms with Gasteiger partial charge in [0.2, 0.25) is 0 Å². The van der Waals surface area contributed by atoms with Gasteiger partial charge in [0.1, 0.15) is 0 Å². The zero-order chi connectivity index (χ0) is 9.07. The highest BCUT2D eigenvalue weighted by molar-refractivity contribution is 5.29. The fraction of sp³-hybridized carbons (Fsp3) is 0.500. The quantitative estimate of drug-likeness (QED) is 0.438. The van der Waals surface area contributed by atoms with Crippen molar-refractivity contribution >= 4 is 0 Å². The fourth-order valence-corrected chi connectivity index (χ4v) is 0.834. The molecule has 0 heteroatoms. The molecule has 12 heavy (non-hydrogen) atoms. The summed E-state index contributed by atoms with van der Waals surface area (Å²) in [6, 6.07) is 0. The van der Waals surface area contributed by atoms with E-state index < -0.39 is 0 Å². The summed E-state index contributed by atoms with van der Waals surface area (Å²) in [7, 11) is 0. The van der Waals surface area contributed by atoms with Crippen LogP contribution in [0.1, 0.15) is 39.0 Å². The molecule has 0 bridgehead atoms. The molecule has 0 radical (unpaired) electrons. The minimum atomic E-state index is 0.978. The Morgan fingerprint density at radius 2 is 2.00 bits per heavy atom. The first-order valence-corrected chi connectivity index (χ1v) is 4.51. The van der Waals surface area contributed by atoms with Crippen LogP contribution < -0.4 is 0 Å². The first kappa shape index (κ1) is 10.9. The van der Waals surface area contributed by atoms with E-state index in [9.17, 15) is 0 Å². The lowest BCUT2D eigenvalue weighted by atomic mass is 10.2. The van der Waals surface area contributed by atoms with E-state index in [0.29, 0.717) is 0 Å². The molecule has 0 aliphatic carbocycles. The van der Waals surface area contributed by atoms with E-state index in [-0.39, 0.29) is 0 Å². The van der Waals surface area contributed by atoms with E-state index >= 15 is 0 Å². The Hall–Kier alpha value is -1.14. The Morgan fingerprint density at radius 1 is 1.17 bits per heavy atom. The predicted octanol–water partition coefficient (Wildman–Crippen LogP) is 3.15. The van der Waals surface area contributed by atoms with Crippen LogP contribution in [0.4, 0.5) is 0 Å². The Morgan fingerprint density at radius 3 is 2.67 bits per heavy atom. The van der Waals surface area contributed by atoms with Gasteiger partial charge < -0.3 is 0 Å². The standard InChI is InChI=1S/C12H16/c1-3-5-7-9-11-12-10-8-6-4-2/h3H,1,4,6,8,10,12H2,2H3. The highest BCUT2D eigenvalue weighted by atomic mass is 13.9. The molecule has 0 saturated carbocycles. The van der Waals surface area contributed by atoms with Crippen molar-refractivity contribution in [3.8, 4) is 23.7 Å². The first-order valence-electron chi connectivity index (χ1n) is 4.51. The Labute approximate surface area is 76.1 Å². The van der Waals surface area contributed by atoms with Crippen LogP contribution in [0.3, 0.4) is 0 Å². The number of allylic oxidation sites excluding steroid dienone is 1. The maximum Gasteiger partial charge on any atom is 0.00989 e. The summed E-state index contributed by atoms with van der Waals surface area (Å²) >= 11 is 0. The fourth-order valence-electron chi connectivity index (χ4n) is 0.834. The number of unbranched alkanes of at least 4 members (excludes halogenated alkanes) is 4. The van der Waals surface area contributed by atoms with Gasteiger partial charge in [-0.05, 0) is 24.3 Å². The van der Waals surface area contributed by atoms with Gasteiger partial charge in [-0.15, -0.1) is 0 Å². The van der Waals surface area contributed by atoms with Crippen molar-refractivity contribution in [2.75, 3.05) is 0 Å². The molecule has 0 amide bonds. The number of hydrogen-bond donors (Lipinski definition) is 0. The Bertz CT molecular complexity index is 214.